The molecule has 4 aromatic rings. The predicted molar refractivity (Wildman–Crippen MR) is 169 cm³/mol. The van der Waals surface area contributed by atoms with Gasteiger partial charge in [-0.25, -0.2) is 9.79 Å². The van der Waals surface area contributed by atoms with E-state index in [0.29, 0.717) is 20.6 Å². The van der Waals surface area contributed by atoms with Crippen LogP contribution in [0.5, 0.6) is 0 Å². The van der Waals surface area contributed by atoms with Gasteiger partial charge in [0.05, 0.1) is 28.5 Å². The topological polar surface area (TPSA) is 89.1 Å². The van der Waals surface area contributed by atoms with Gasteiger partial charge in [-0.3, -0.25) is 14.2 Å². The number of carbonyl (C=O) groups is 2. The summed E-state index contributed by atoms with van der Waals surface area (Å²) >= 11 is 1.30. The summed E-state index contributed by atoms with van der Waals surface area (Å²) in [6.45, 7) is 5.63. The minimum Gasteiger partial charge on any atom is -0.463 e. The van der Waals surface area contributed by atoms with Gasteiger partial charge in [0, 0.05) is 55.5 Å². The molecule has 10 heteroatoms. The molecule has 2 aliphatic heterocycles. The average molecular weight is 598 g/mol. The SMILES string of the molecule is CCOC(=O)C1=C(C)N=c2s/c(=C/c3cn(CC(=O)N4CCCC4)c4ccccc34)c(=O)n2[C@@H]1c1ccc(N(C)C)cc1. The molecule has 0 bridgehead atoms. The second-order valence-electron chi connectivity index (χ2n) is 11.1. The highest BCUT2D eigenvalue weighted by atomic mass is 32.1. The van der Waals surface area contributed by atoms with Crippen molar-refractivity contribution in [2.24, 2.45) is 4.99 Å². The summed E-state index contributed by atoms with van der Waals surface area (Å²) in [5.74, 6) is -0.378. The van der Waals surface area contributed by atoms with Gasteiger partial charge in [0.15, 0.2) is 4.80 Å². The van der Waals surface area contributed by atoms with Crippen molar-refractivity contribution in [3.05, 3.63) is 96.8 Å². The number of aromatic nitrogens is 2. The minimum absolute atomic E-state index is 0.103. The van der Waals surface area contributed by atoms with Crippen molar-refractivity contribution in [3.63, 3.8) is 0 Å². The van der Waals surface area contributed by atoms with Gasteiger partial charge in [-0.2, -0.15) is 0 Å². The zero-order valence-corrected chi connectivity index (χ0v) is 25.7. The molecule has 43 heavy (non-hydrogen) atoms. The highest BCUT2D eigenvalue weighted by molar-refractivity contribution is 7.07. The summed E-state index contributed by atoms with van der Waals surface area (Å²) in [4.78, 5) is 49.5. The van der Waals surface area contributed by atoms with Gasteiger partial charge in [-0.1, -0.05) is 41.7 Å². The summed E-state index contributed by atoms with van der Waals surface area (Å²) < 4.78 is 9.50. The highest BCUT2D eigenvalue weighted by Crippen LogP contribution is 2.32. The number of esters is 1. The van der Waals surface area contributed by atoms with Crippen LogP contribution < -0.4 is 19.8 Å². The number of rotatable bonds is 7. The molecule has 2 aliphatic rings. The fourth-order valence-corrected chi connectivity index (χ4v) is 6.97. The lowest BCUT2D eigenvalue weighted by Gasteiger charge is -2.25. The van der Waals surface area contributed by atoms with Crippen molar-refractivity contribution in [1.82, 2.24) is 14.0 Å². The third-order valence-corrected chi connectivity index (χ3v) is 9.10. The molecular formula is C33H35N5O4S. The Morgan fingerprint density at radius 1 is 1.09 bits per heavy atom. The van der Waals surface area contributed by atoms with Crippen LogP contribution in [0.4, 0.5) is 5.69 Å². The molecule has 0 radical (unpaired) electrons. The molecule has 2 aromatic heterocycles. The van der Waals surface area contributed by atoms with E-state index in [1.165, 1.54) is 11.3 Å². The number of nitrogens with zero attached hydrogens (tertiary/aromatic N) is 5. The summed E-state index contributed by atoms with van der Waals surface area (Å²) in [6.07, 6.45) is 5.91. The Bertz CT molecular complexity index is 1920. The second kappa shape index (κ2) is 11.7. The number of likely N-dealkylation sites (tertiary alicyclic amines) is 1. The van der Waals surface area contributed by atoms with Crippen LogP contribution in [-0.4, -0.2) is 59.7 Å². The quantitative estimate of drug-likeness (QED) is 0.305. The Balaban J connectivity index is 1.47. The van der Waals surface area contributed by atoms with E-state index in [9.17, 15) is 14.4 Å². The smallest absolute Gasteiger partial charge is 0.338 e. The van der Waals surface area contributed by atoms with Crippen molar-refractivity contribution < 1.29 is 14.3 Å². The first kappa shape index (κ1) is 28.7. The normalized spacial score (nSPS) is 16.9. The lowest BCUT2D eigenvalue weighted by molar-refractivity contribution is -0.139. The standard InChI is InChI=1S/C33H35N5O4S/c1-5-42-32(41)29-21(2)34-33-38(30(29)22-12-14-24(15-13-22)35(3)4)31(40)27(43-33)18-23-19-37(26-11-7-6-10-25(23)26)20-28(39)36-16-8-9-17-36/h6-7,10-15,18-19,30H,5,8-9,16-17,20H2,1-4H3/b27-18+/t30-/m1/s1. The maximum Gasteiger partial charge on any atom is 0.338 e. The maximum atomic E-state index is 14.1. The van der Waals surface area contributed by atoms with Crippen LogP contribution in [0.2, 0.25) is 0 Å². The zero-order chi connectivity index (χ0) is 30.2. The van der Waals surface area contributed by atoms with Crippen LogP contribution in [0.25, 0.3) is 17.0 Å². The molecular weight excluding hydrogens is 562 g/mol. The van der Waals surface area contributed by atoms with E-state index in [4.69, 9.17) is 9.73 Å². The first-order valence-electron chi connectivity index (χ1n) is 14.6. The van der Waals surface area contributed by atoms with Crippen LogP contribution in [0.15, 0.2) is 75.8 Å². The van der Waals surface area contributed by atoms with Gasteiger partial charge in [0.2, 0.25) is 5.91 Å². The molecule has 222 valence electrons. The largest absolute Gasteiger partial charge is 0.463 e. The summed E-state index contributed by atoms with van der Waals surface area (Å²) in [6, 6.07) is 15.1. The van der Waals surface area contributed by atoms with Crippen molar-refractivity contribution >= 4 is 45.9 Å². The number of hydrogen-bond donors (Lipinski definition) is 0. The molecule has 0 N–H and O–H groups in total. The number of amides is 1. The molecule has 1 fully saturated rings. The van der Waals surface area contributed by atoms with Crippen molar-refractivity contribution in [1.29, 1.82) is 0 Å². The van der Waals surface area contributed by atoms with E-state index in [1.54, 1.807) is 18.4 Å². The fraction of sp³-hybridized carbons (Fsp3) is 0.333. The van der Waals surface area contributed by atoms with E-state index >= 15 is 0 Å². The lowest BCUT2D eigenvalue weighted by Crippen LogP contribution is -2.39. The molecule has 0 unspecified atom stereocenters. The fourth-order valence-electron chi connectivity index (χ4n) is 5.94. The summed E-state index contributed by atoms with van der Waals surface area (Å²) in [5, 5.41) is 0.960. The number of carbonyl (C=O) groups excluding carboxylic acids is 2. The first-order chi connectivity index (χ1) is 20.8. The summed E-state index contributed by atoms with van der Waals surface area (Å²) in [5.41, 5.74) is 4.25. The molecule has 1 saturated heterocycles. The van der Waals surface area contributed by atoms with Crippen LogP contribution in [0.3, 0.4) is 0 Å². The third-order valence-electron chi connectivity index (χ3n) is 8.11. The molecule has 0 saturated carbocycles. The number of allylic oxidation sites excluding steroid dienone is 1. The molecule has 0 spiro atoms. The van der Waals surface area contributed by atoms with Gasteiger partial charge in [-0.05, 0) is 56.5 Å². The molecule has 2 aromatic carbocycles. The van der Waals surface area contributed by atoms with Gasteiger partial charge in [-0.15, -0.1) is 0 Å². The number of ether oxygens (including phenoxy) is 1. The van der Waals surface area contributed by atoms with Gasteiger partial charge >= 0.3 is 5.97 Å². The van der Waals surface area contributed by atoms with Crippen molar-refractivity contribution in [2.75, 3.05) is 38.7 Å². The number of fused-ring (bicyclic) bond motifs is 2. The third kappa shape index (κ3) is 5.31. The van der Waals surface area contributed by atoms with Crippen molar-refractivity contribution in [2.45, 2.75) is 39.3 Å². The predicted octanol–water partition coefficient (Wildman–Crippen LogP) is 3.44. The van der Waals surface area contributed by atoms with Crippen LogP contribution in [-0.2, 0) is 20.9 Å². The van der Waals surface area contributed by atoms with Gasteiger partial charge < -0.3 is 19.1 Å². The van der Waals surface area contributed by atoms with Crippen LogP contribution >= 0.6 is 11.3 Å². The number of thiazole rings is 1. The van der Waals surface area contributed by atoms with Crippen LogP contribution in [0, 0.1) is 0 Å². The molecule has 1 amide bonds. The Hall–Kier alpha value is -4.44. The number of benzene rings is 2. The Morgan fingerprint density at radius 3 is 2.51 bits per heavy atom. The monoisotopic (exact) mass is 597 g/mol. The molecule has 0 aliphatic carbocycles. The van der Waals surface area contributed by atoms with E-state index in [0.717, 1.165) is 53.6 Å². The molecule has 6 rings (SSSR count). The van der Waals surface area contributed by atoms with E-state index < -0.39 is 12.0 Å². The van der Waals surface area contributed by atoms with Gasteiger partial charge in [0.25, 0.3) is 5.56 Å². The van der Waals surface area contributed by atoms with E-state index in [2.05, 4.69) is 0 Å². The lowest BCUT2D eigenvalue weighted by atomic mass is 9.95. The van der Waals surface area contributed by atoms with Crippen molar-refractivity contribution in [3.8, 4) is 0 Å². The Kier molecular flexibility index (Phi) is 7.79. The minimum atomic E-state index is -0.673. The number of hydrogen-bond acceptors (Lipinski definition) is 7. The van der Waals surface area contributed by atoms with Gasteiger partial charge in [0.1, 0.15) is 6.54 Å². The second-order valence-corrected chi connectivity index (χ2v) is 12.1. The van der Waals surface area contributed by atoms with Crippen LogP contribution in [0.1, 0.15) is 43.9 Å². The Morgan fingerprint density at radius 2 is 1.81 bits per heavy atom. The zero-order valence-electron chi connectivity index (χ0n) is 24.9. The Labute approximate surface area is 253 Å². The highest BCUT2D eigenvalue weighted by Gasteiger charge is 2.33. The number of para-hydroxylation sites is 1. The van der Waals surface area contributed by atoms with E-state index in [-0.39, 0.29) is 24.6 Å². The molecule has 4 heterocycles. The average Bonchev–Trinajstić information content (AvgIpc) is 3.72. The molecule has 1 atom stereocenters. The molecule has 9 nitrogen and oxygen atoms in total. The summed E-state index contributed by atoms with van der Waals surface area (Å²) in [7, 11) is 3.93. The first-order valence-corrected chi connectivity index (χ1v) is 15.4. The number of anilines is 1. The van der Waals surface area contributed by atoms with E-state index in [1.807, 2.05) is 89.3 Å². The maximum absolute atomic E-state index is 14.1.